The van der Waals surface area contributed by atoms with Gasteiger partial charge in [-0.3, -0.25) is 9.78 Å². The van der Waals surface area contributed by atoms with E-state index in [9.17, 15) is 4.79 Å². The number of aromatic nitrogens is 1. The van der Waals surface area contributed by atoms with Gasteiger partial charge in [0.25, 0.3) is 5.91 Å². The fourth-order valence-corrected chi connectivity index (χ4v) is 2.14. The lowest BCUT2D eigenvalue weighted by Crippen LogP contribution is -2.24. The van der Waals surface area contributed by atoms with E-state index in [0.29, 0.717) is 23.4 Å². The van der Waals surface area contributed by atoms with Crippen molar-refractivity contribution in [2.75, 3.05) is 11.9 Å². The topological polar surface area (TPSA) is 77.8 Å². The van der Waals surface area contributed by atoms with Gasteiger partial charge >= 0.3 is 0 Å². The summed E-state index contributed by atoms with van der Waals surface area (Å²) in [7, 11) is 0. The zero-order valence-corrected chi connectivity index (χ0v) is 13.2. The Kier molecular flexibility index (Phi) is 6.13. The van der Waals surface area contributed by atoms with Gasteiger partial charge in [0.05, 0.1) is 29.1 Å². The van der Waals surface area contributed by atoms with Crippen LogP contribution in [-0.2, 0) is 0 Å². The Hall–Kier alpha value is -2.87. The molecule has 0 aliphatic carbocycles. The van der Waals surface area contributed by atoms with Crippen molar-refractivity contribution in [3.8, 4) is 6.07 Å². The molecular weight excluding hydrogens is 288 g/mol. The zero-order valence-electron chi connectivity index (χ0n) is 13.2. The monoisotopic (exact) mass is 308 g/mol. The van der Waals surface area contributed by atoms with Crippen molar-refractivity contribution in [1.29, 1.82) is 5.26 Å². The third kappa shape index (κ3) is 5.11. The van der Waals surface area contributed by atoms with E-state index in [1.54, 1.807) is 36.7 Å². The number of nitriles is 1. The SMILES string of the molecule is CCCCCNC(=O)c1cncc(Nc2cccc(C#N)c2)c1. The van der Waals surface area contributed by atoms with Gasteiger partial charge in [-0.05, 0) is 30.7 Å². The summed E-state index contributed by atoms with van der Waals surface area (Å²) in [5.74, 6) is -0.122. The first-order valence-electron chi connectivity index (χ1n) is 7.73. The first-order valence-corrected chi connectivity index (χ1v) is 7.73. The summed E-state index contributed by atoms with van der Waals surface area (Å²) in [6.45, 7) is 2.80. The van der Waals surface area contributed by atoms with Crippen molar-refractivity contribution in [2.45, 2.75) is 26.2 Å². The molecule has 1 aromatic carbocycles. The number of rotatable bonds is 7. The molecule has 0 unspecified atom stereocenters. The molecule has 1 amide bonds. The average molecular weight is 308 g/mol. The van der Waals surface area contributed by atoms with Crippen LogP contribution in [0.25, 0.3) is 0 Å². The second kappa shape index (κ2) is 8.54. The minimum absolute atomic E-state index is 0.122. The molecule has 5 heteroatoms. The highest BCUT2D eigenvalue weighted by Gasteiger charge is 2.06. The molecule has 0 saturated heterocycles. The van der Waals surface area contributed by atoms with Crippen LogP contribution in [-0.4, -0.2) is 17.4 Å². The fraction of sp³-hybridized carbons (Fsp3) is 0.278. The Bertz CT molecular complexity index is 706. The van der Waals surface area contributed by atoms with Crippen molar-refractivity contribution in [1.82, 2.24) is 10.3 Å². The maximum absolute atomic E-state index is 12.1. The molecule has 0 atom stereocenters. The zero-order chi connectivity index (χ0) is 16.5. The number of anilines is 2. The van der Waals surface area contributed by atoms with E-state index < -0.39 is 0 Å². The number of carbonyl (C=O) groups excluding carboxylic acids is 1. The highest BCUT2D eigenvalue weighted by molar-refractivity contribution is 5.94. The van der Waals surface area contributed by atoms with E-state index in [-0.39, 0.29) is 5.91 Å². The number of unbranched alkanes of at least 4 members (excludes halogenated alkanes) is 2. The van der Waals surface area contributed by atoms with Gasteiger partial charge in [0.2, 0.25) is 0 Å². The number of carbonyl (C=O) groups is 1. The molecule has 2 rings (SSSR count). The van der Waals surface area contributed by atoms with Gasteiger partial charge in [0, 0.05) is 18.4 Å². The minimum Gasteiger partial charge on any atom is -0.354 e. The van der Waals surface area contributed by atoms with Crippen molar-refractivity contribution < 1.29 is 4.79 Å². The molecule has 5 nitrogen and oxygen atoms in total. The van der Waals surface area contributed by atoms with Gasteiger partial charge in [0.1, 0.15) is 0 Å². The van der Waals surface area contributed by atoms with Crippen LogP contribution >= 0.6 is 0 Å². The number of nitrogens with one attached hydrogen (secondary N) is 2. The number of hydrogen-bond acceptors (Lipinski definition) is 4. The largest absolute Gasteiger partial charge is 0.354 e. The Labute approximate surface area is 136 Å². The minimum atomic E-state index is -0.122. The predicted octanol–water partition coefficient (Wildman–Crippen LogP) is 3.62. The number of benzene rings is 1. The number of hydrogen-bond donors (Lipinski definition) is 2. The molecule has 2 N–H and O–H groups in total. The van der Waals surface area contributed by atoms with Gasteiger partial charge in [0.15, 0.2) is 0 Å². The highest BCUT2D eigenvalue weighted by Crippen LogP contribution is 2.17. The third-order valence-corrected chi connectivity index (χ3v) is 3.35. The van der Waals surface area contributed by atoms with Crippen LogP contribution in [0.1, 0.15) is 42.1 Å². The molecule has 2 aromatic rings. The lowest BCUT2D eigenvalue weighted by molar-refractivity contribution is 0.0952. The standard InChI is InChI=1S/C18H20N4O/c1-2-3-4-8-21-18(23)15-10-17(13-20-12-15)22-16-7-5-6-14(9-16)11-19/h5-7,9-10,12-13,22H,2-4,8H2,1H3,(H,21,23). The summed E-state index contributed by atoms with van der Waals surface area (Å²) in [4.78, 5) is 16.2. The van der Waals surface area contributed by atoms with Crippen molar-refractivity contribution >= 4 is 17.3 Å². The van der Waals surface area contributed by atoms with E-state index in [1.807, 2.05) is 6.07 Å². The molecule has 1 aromatic heterocycles. The summed E-state index contributed by atoms with van der Waals surface area (Å²) in [6, 6.07) is 11.0. The van der Waals surface area contributed by atoms with E-state index in [1.165, 1.54) is 0 Å². The predicted molar refractivity (Wildman–Crippen MR) is 90.5 cm³/mol. The molecule has 23 heavy (non-hydrogen) atoms. The maximum atomic E-state index is 12.1. The molecule has 0 radical (unpaired) electrons. The summed E-state index contributed by atoms with van der Waals surface area (Å²) >= 11 is 0. The van der Waals surface area contributed by atoms with Gasteiger partial charge in [-0.2, -0.15) is 5.26 Å². The van der Waals surface area contributed by atoms with E-state index in [4.69, 9.17) is 5.26 Å². The molecule has 0 spiro atoms. The fourth-order valence-electron chi connectivity index (χ4n) is 2.14. The quantitative estimate of drug-likeness (QED) is 0.766. The second-order valence-electron chi connectivity index (χ2n) is 5.24. The van der Waals surface area contributed by atoms with Gasteiger partial charge in [-0.1, -0.05) is 25.8 Å². The van der Waals surface area contributed by atoms with Crippen LogP contribution in [0.5, 0.6) is 0 Å². The smallest absolute Gasteiger partial charge is 0.252 e. The Morgan fingerprint density at radius 2 is 2.09 bits per heavy atom. The molecule has 0 aliphatic heterocycles. The lowest BCUT2D eigenvalue weighted by Gasteiger charge is -2.09. The van der Waals surface area contributed by atoms with Crippen molar-refractivity contribution in [3.05, 3.63) is 53.9 Å². The third-order valence-electron chi connectivity index (χ3n) is 3.35. The maximum Gasteiger partial charge on any atom is 0.252 e. The van der Waals surface area contributed by atoms with E-state index in [0.717, 1.165) is 24.9 Å². The van der Waals surface area contributed by atoms with Gasteiger partial charge in [-0.25, -0.2) is 0 Å². The first-order chi connectivity index (χ1) is 11.2. The molecule has 118 valence electrons. The summed E-state index contributed by atoms with van der Waals surface area (Å²) in [6.07, 6.45) is 6.40. The van der Waals surface area contributed by atoms with Crippen LogP contribution in [0.15, 0.2) is 42.7 Å². The lowest BCUT2D eigenvalue weighted by atomic mass is 10.2. The van der Waals surface area contributed by atoms with Gasteiger partial charge < -0.3 is 10.6 Å². The molecule has 0 aliphatic rings. The van der Waals surface area contributed by atoms with Crippen LogP contribution in [0.2, 0.25) is 0 Å². The molecular formula is C18H20N4O. The van der Waals surface area contributed by atoms with Crippen LogP contribution in [0.3, 0.4) is 0 Å². The van der Waals surface area contributed by atoms with Crippen LogP contribution < -0.4 is 10.6 Å². The van der Waals surface area contributed by atoms with Gasteiger partial charge in [-0.15, -0.1) is 0 Å². The number of nitrogens with zero attached hydrogens (tertiary/aromatic N) is 2. The summed E-state index contributed by atoms with van der Waals surface area (Å²) in [5, 5.41) is 15.0. The van der Waals surface area contributed by atoms with Crippen LogP contribution in [0.4, 0.5) is 11.4 Å². The van der Waals surface area contributed by atoms with Crippen LogP contribution in [0, 0.1) is 11.3 Å². The molecule has 0 fully saturated rings. The molecule has 0 saturated carbocycles. The Morgan fingerprint density at radius 1 is 1.22 bits per heavy atom. The Balaban J connectivity index is 2.01. The van der Waals surface area contributed by atoms with E-state index in [2.05, 4.69) is 28.6 Å². The molecule has 1 heterocycles. The summed E-state index contributed by atoms with van der Waals surface area (Å²) < 4.78 is 0. The highest BCUT2D eigenvalue weighted by atomic mass is 16.1. The molecule has 0 bridgehead atoms. The normalized spacial score (nSPS) is 9.91. The second-order valence-corrected chi connectivity index (χ2v) is 5.24. The van der Waals surface area contributed by atoms with Crippen molar-refractivity contribution in [2.24, 2.45) is 0 Å². The Morgan fingerprint density at radius 3 is 2.87 bits per heavy atom. The number of amides is 1. The summed E-state index contributed by atoms with van der Waals surface area (Å²) in [5.41, 5.74) is 2.59. The van der Waals surface area contributed by atoms with Crippen molar-refractivity contribution in [3.63, 3.8) is 0 Å². The number of pyridine rings is 1. The first kappa shape index (κ1) is 16.5. The van der Waals surface area contributed by atoms with E-state index >= 15 is 0 Å². The average Bonchev–Trinajstić information content (AvgIpc) is 2.59.